The van der Waals surface area contributed by atoms with Crippen LogP contribution in [-0.4, -0.2) is 17.8 Å². The molecule has 0 saturated carbocycles. The summed E-state index contributed by atoms with van der Waals surface area (Å²) in [5.41, 5.74) is 1.39. The van der Waals surface area contributed by atoms with E-state index in [0.717, 1.165) is 6.07 Å². The molecule has 0 atom stereocenters. The van der Waals surface area contributed by atoms with Crippen molar-refractivity contribution in [2.75, 3.05) is 0 Å². The van der Waals surface area contributed by atoms with Crippen LogP contribution in [-0.2, 0) is 9.53 Å². The molecule has 0 bridgehead atoms. The fraction of sp³-hybridized carbons (Fsp3) is 0. The largest absolute Gasteiger partial charge is 0.423 e. The number of esters is 2. The van der Waals surface area contributed by atoms with Gasteiger partial charge in [0.2, 0.25) is 5.90 Å². The number of hydrogen-bond acceptors (Lipinski definition) is 5. The first-order valence-corrected chi connectivity index (χ1v) is 9.22. The van der Waals surface area contributed by atoms with E-state index in [4.69, 9.17) is 21.1 Å². The van der Waals surface area contributed by atoms with Crippen molar-refractivity contribution >= 4 is 35.5 Å². The van der Waals surface area contributed by atoms with Crippen molar-refractivity contribution in [2.45, 2.75) is 0 Å². The molecule has 1 aliphatic heterocycles. The number of carbonyl (C=O) groups is 2. The van der Waals surface area contributed by atoms with Gasteiger partial charge in [-0.25, -0.2) is 19.0 Å². The Bertz CT molecular complexity index is 1200. The third-order valence-electron chi connectivity index (χ3n) is 4.14. The standard InChI is InChI=1S/C23H13ClFNO4/c24-17-9-7-15(8-10-17)21-26-20(23(28)30-21)12-14-3-1-6-19(11-14)29-22(27)16-4-2-5-18(25)13-16/h1-13H/b20-12+. The quantitative estimate of drug-likeness (QED) is 0.336. The topological polar surface area (TPSA) is 65.0 Å². The number of rotatable bonds is 4. The normalized spacial score (nSPS) is 14.4. The van der Waals surface area contributed by atoms with E-state index in [1.54, 1.807) is 48.5 Å². The molecule has 0 spiro atoms. The lowest BCUT2D eigenvalue weighted by Crippen LogP contribution is -2.08. The number of aliphatic imine (C=N–C) groups is 1. The second kappa shape index (κ2) is 8.31. The molecule has 0 saturated heterocycles. The first kappa shape index (κ1) is 19.5. The van der Waals surface area contributed by atoms with Crippen molar-refractivity contribution in [1.29, 1.82) is 0 Å². The molecule has 0 aromatic heterocycles. The molecule has 7 heteroatoms. The van der Waals surface area contributed by atoms with E-state index < -0.39 is 17.8 Å². The van der Waals surface area contributed by atoms with Gasteiger partial charge in [0.1, 0.15) is 11.6 Å². The van der Waals surface area contributed by atoms with E-state index in [2.05, 4.69) is 4.99 Å². The van der Waals surface area contributed by atoms with E-state index in [1.165, 1.54) is 24.3 Å². The SMILES string of the molecule is O=C1OC(c2ccc(Cl)cc2)=N/C1=C/c1cccc(OC(=O)c2cccc(F)c2)c1. The average Bonchev–Trinajstić information content (AvgIpc) is 3.09. The van der Waals surface area contributed by atoms with Gasteiger partial charge in [-0.15, -0.1) is 0 Å². The van der Waals surface area contributed by atoms with E-state index >= 15 is 0 Å². The molecular formula is C23H13ClFNO4. The second-order valence-corrected chi connectivity index (χ2v) is 6.75. The minimum Gasteiger partial charge on any atom is -0.423 e. The van der Waals surface area contributed by atoms with Crippen LogP contribution in [0, 0.1) is 5.82 Å². The summed E-state index contributed by atoms with van der Waals surface area (Å²) in [4.78, 5) is 28.6. The third kappa shape index (κ3) is 4.45. The maximum Gasteiger partial charge on any atom is 0.363 e. The highest BCUT2D eigenvalue weighted by atomic mass is 35.5. The lowest BCUT2D eigenvalue weighted by Gasteiger charge is -2.05. The minimum atomic E-state index is -0.692. The lowest BCUT2D eigenvalue weighted by molar-refractivity contribution is -0.129. The molecule has 0 radical (unpaired) electrons. The molecule has 0 unspecified atom stereocenters. The maximum atomic E-state index is 13.3. The van der Waals surface area contributed by atoms with Crippen molar-refractivity contribution < 1.29 is 23.5 Å². The van der Waals surface area contributed by atoms with Crippen LogP contribution < -0.4 is 4.74 Å². The zero-order valence-electron chi connectivity index (χ0n) is 15.3. The lowest BCUT2D eigenvalue weighted by atomic mass is 10.2. The summed E-state index contributed by atoms with van der Waals surface area (Å²) in [6.07, 6.45) is 1.52. The summed E-state index contributed by atoms with van der Waals surface area (Å²) in [5, 5.41) is 0.559. The Hall–Kier alpha value is -3.77. The molecule has 1 heterocycles. The summed E-state index contributed by atoms with van der Waals surface area (Å²) >= 11 is 5.87. The van der Waals surface area contributed by atoms with Gasteiger partial charge in [0.05, 0.1) is 5.56 Å². The van der Waals surface area contributed by atoms with Gasteiger partial charge in [-0.2, -0.15) is 0 Å². The second-order valence-electron chi connectivity index (χ2n) is 6.32. The van der Waals surface area contributed by atoms with Gasteiger partial charge in [0, 0.05) is 10.6 Å². The summed E-state index contributed by atoms with van der Waals surface area (Å²) in [7, 11) is 0. The van der Waals surface area contributed by atoms with Crippen molar-refractivity contribution in [2.24, 2.45) is 4.99 Å². The van der Waals surface area contributed by atoms with Crippen molar-refractivity contribution in [3.05, 3.63) is 106 Å². The van der Waals surface area contributed by atoms with Crippen LogP contribution >= 0.6 is 11.6 Å². The van der Waals surface area contributed by atoms with Crippen LogP contribution in [0.4, 0.5) is 4.39 Å². The summed E-state index contributed by atoms with van der Waals surface area (Å²) in [6, 6.07) is 18.5. The highest BCUT2D eigenvalue weighted by molar-refractivity contribution is 6.30. The molecule has 0 aliphatic carbocycles. The van der Waals surface area contributed by atoms with Crippen LogP contribution in [0.3, 0.4) is 0 Å². The predicted octanol–water partition coefficient (Wildman–Crippen LogP) is 5.04. The number of ether oxygens (including phenoxy) is 2. The smallest absolute Gasteiger partial charge is 0.363 e. The molecule has 0 amide bonds. The van der Waals surface area contributed by atoms with Crippen LogP contribution in [0.15, 0.2) is 83.5 Å². The molecule has 0 fully saturated rings. The van der Waals surface area contributed by atoms with E-state index in [0.29, 0.717) is 16.1 Å². The Morgan fingerprint density at radius 1 is 1.03 bits per heavy atom. The van der Waals surface area contributed by atoms with Crippen molar-refractivity contribution in [1.82, 2.24) is 0 Å². The Morgan fingerprint density at radius 3 is 2.57 bits per heavy atom. The molecule has 0 N–H and O–H groups in total. The molecular weight excluding hydrogens is 409 g/mol. The predicted molar refractivity (Wildman–Crippen MR) is 110 cm³/mol. The Labute approximate surface area is 176 Å². The molecule has 30 heavy (non-hydrogen) atoms. The molecule has 1 aliphatic rings. The number of carbonyl (C=O) groups excluding carboxylic acids is 2. The summed E-state index contributed by atoms with van der Waals surface area (Å²) in [5.74, 6) is -1.40. The minimum absolute atomic E-state index is 0.0929. The molecule has 4 rings (SSSR count). The van der Waals surface area contributed by atoms with Crippen LogP contribution in [0.25, 0.3) is 6.08 Å². The van der Waals surface area contributed by atoms with Crippen LogP contribution in [0.5, 0.6) is 5.75 Å². The highest BCUT2D eigenvalue weighted by Crippen LogP contribution is 2.22. The molecule has 148 valence electrons. The van der Waals surface area contributed by atoms with Gasteiger partial charge in [-0.05, 0) is 66.2 Å². The van der Waals surface area contributed by atoms with Gasteiger partial charge >= 0.3 is 11.9 Å². The fourth-order valence-corrected chi connectivity index (χ4v) is 2.86. The Balaban J connectivity index is 1.55. The molecule has 3 aromatic rings. The number of benzene rings is 3. The van der Waals surface area contributed by atoms with E-state index in [1.807, 2.05) is 0 Å². The fourth-order valence-electron chi connectivity index (χ4n) is 2.73. The van der Waals surface area contributed by atoms with Gasteiger partial charge in [-0.3, -0.25) is 0 Å². The van der Waals surface area contributed by atoms with Crippen molar-refractivity contribution in [3.63, 3.8) is 0 Å². The van der Waals surface area contributed by atoms with Crippen molar-refractivity contribution in [3.8, 4) is 5.75 Å². The van der Waals surface area contributed by atoms with Gasteiger partial charge in [0.25, 0.3) is 0 Å². The molecule has 5 nitrogen and oxygen atoms in total. The first-order valence-electron chi connectivity index (χ1n) is 8.84. The van der Waals surface area contributed by atoms with Crippen LogP contribution in [0.1, 0.15) is 21.5 Å². The third-order valence-corrected chi connectivity index (χ3v) is 4.40. The number of hydrogen-bond donors (Lipinski definition) is 0. The van der Waals surface area contributed by atoms with Crippen LogP contribution in [0.2, 0.25) is 5.02 Å². The summed E-state index contributed by atoms with van der Waals surface area (Å²) in [6.45, 7) is 0. The number of cyclic esters (lactones) is 1. The average molecular weight is 422 g/mol. The first-order chi connectivity index (χ1) is 14.5. The Morgan fingerprint density at radius 2 is 1.80 bits per heavy atom. The maximum absolute atomic E-state index is 13.3. The zero-order valence-corrected chi connectivity index (χ0v) is 16.1. The summed E-state index contributed by atoms with van der Waals surface area (Å²) < 4.78 is 23.8. The zero-order chi connectivity index (χ0) is 21.1. The van der Waals surface area contributed by atoms with Gasteiger partial charge in [0.15, 0.2) is 5.70 Å². The number of nitrogens with zero attached hydrogens (tertiary/aromatic N) is 1. The monoisotopic (exact) mass is 421 g/mol. The molecule has 3 aromatic carbocycles. The Kier molecular flexibility index (Phi) is 5.41. The number of halogens is 2. The van der Waals surface area contributed by atoms with E-state index in [9.17, 15) is 14.0 Å². The van der Waals surface area contributed by atoms with E-state index in [-0.39, 0.29) is 22.9 Å². The highest BCUT2D eigenvalue weighted by Gasteiger charge is 2.24. The van der Waals surface area contributed by atoms with Gasteiger partial charge < -0.3 is 9.47 Å². The van der Waals surface area contributed by atoms with Gasteiger partial charge in [-0.1, -0.05) is 29.8 Å².